The second kappa shape index (κ2) is 5.44. The van der Waals surface area contributed by atoms with Crippen molar-refractivity contribution < 1.29 is 8.42 Å². The summed E-state index contributed by atoms with van der Waals surface area (Å²) >= 11 is 0. The summed E-state index contributed by atoms with van der Waals surface area (Å²) in [6.07, 6.45) is 5.95. The van der Waals surface area contributed by atoms with Gasteiger partial charge < -0.3 is 5.43 Å². The summed E-state index contributed by atoms with van der Waals surface area (Å²) in [5.41, 5.74) is 2.37. The zero-order chi connectivity index (χ0) is 13.9. The molecule has 1 aliphatic carbocycles. The number of anilines is 1. The molecule has 0 spiro atoms. The number of hydrogen-bond donors (Lipinski definition) is 3. The highest BCUT2D eigenvalue weighted by Crippen LogP contribution is 2.37. The van der Waals surface area contributed by atoms with Crippen LogP contribution in [0.15, 0.2) is 23.2 Å². The maximum Gasteiger partial charge on any atom is 0.244 e. The highest BCUT2D eigenvalue weighted by atomic mass is 32.2. The molecule has 0 aliphatic heterocycles. The molecule has 1 heterocycles. The van der Waals surface area contributed by atoms with Crippen LogP contribution in [0.4, 0.5) is 5.82 Å². The molecule has 0 saturated heterocycles. The van der Waals surface area contributed by atoms with Crippen molar-refractivity contribution >= 4 is 15.8 Å². The van der Waals surface area contributed by atoms with Crippen LogP contribution in [0.5, 0.6) is 0 Å². The van der Waals surface area contributed by atoms with Gasteiger partial charge in [-0.1, -0.05) is 19.8 Å². The normalized spacial score (nSPS) is 18.4. The molecule has 1 aliphatic rings. The largest absolute Gasteiger partial charge is 0.307 e. The van der Waals surface area contributed by atoms with Gasteiger partial charge in [-0.2, -0.15) is 0 Å². The number of nitrogen functional groups attached to an aromatic ring is 1. The number of hydrazine groups is 1. The minimum atomic E-state index is -3.58. The van der Waals surface area contributed by atoms with Gasteiger partial charge in [-0.15, -0.1) is 0 Å². The highest BCUT2D eigenvalue weighted by molar-refractivity contribution is 7.89. The van der Waals surface area contributed by atoms with Gasteiger partial charge in [0, 0.05) is 12.7 Å². The number of hydrogen-bond acceptors (Lipinski definition) is 5. The number of nitrogens with zero attached hydrogens (tertiary/aromatic N) is 1. The van der Waals surface area contributed by atoms with E-state index in [1.54, 1.807) is 6.07 Å². The predicted octanol–water partition coefficient (Wildman–Crippen LogP) is 1.23. The average Bonchev–Trinajstić information content (AvgIpc) is 2.84. The van der Waals surface area contributed by atoms with Crippen LogP contribution in [-0.4, -0.2) is 19.9 Å². The molecule has 0 aromatic carbocycles. The van der Waals surface area contributed by atoms with Gasteiger partial charge in [0.2, 0.25) is 10.0 Å². The molecule has 4 N–H and O–H groups in total. The fraction of sp³-hybridized carbons (Fsp3) is 0.583. The Balaban J connectivity index is 2.14. The standard InChI is InChI=1S/C12H20N4O2S/c1-12(6-2-3-7-12)9-15-19(17,18)10-5-4-8-14-11(10)16-13/h4-5,8,15H,2-3,6-7,9,13H2,1H3,(H,14,16). The van der Waals surface area contributed by atoms with Gasteiger partial charge >= 0.3 is 0 Å². The van der Waals surface area contributed by atoms with Crippen LogP contribution in [0.25, 0.3) is 0 Å². The first-order valence-electron chi connectivity index (χ1n) is 6.38. The van der Waals surface area contributed by atoms with E-state index in [-0.39, 0.29) is 16.1 Å². The molecular weight excluding hydrogens is 264 g/mol. The van der Waals surface area contributed by atoms with Crippen molar-refractivity contribution in [2.45, 2.75) is 37.5 Å². The topological polar surface area (TPSA) is 97.1 Å². The lowest BCUT2D eigenvalue weighted by atomic mass is 9.89. The molecule has 1 aromatic heterocycles. The number of pyridine rings is 1. The lowest BCUT2D eigenvalue weighted by Crippen LogP contribution is -2.34. The Kier molecular flexibility index (Phi) is 4.07. The van der Waals surface area contributed by atoms with E-state index in [9.17, 15) is 8.42 Å². The van der Waals surface area contributed by atoms with Gasteiger partial charge in [0.25, 0.3) is 0 Å². The smallest absolute Gasteiger partial charge is 0.244 e. The van der Waals surface area contributed by atoms with Crippen LogP contribution >= 0.6 is 0 Å². The number of sulfonamides is 1. The Labute approximate surface area is 113 Å². The Morgan fingerprint density at radius 1 is 1.42 bits per heavy atom. The summed E-state index contributed by atoms with van der Waals surface area (Å²) in [4.78, 5) is 3.99. The molecule has 2 rings (SSSR count). The second-order valence-electron chi connectivity index (χ2n) is 5.34. The third kappa shape index (κ3) is 3.23. The number of aromatic nitrogens is 1. The van der Waals surface area contributed by atoms with Crippen LogP contribution in [0, 0.1) is 5.41 Å². The summed E-state index contributed by atoms with van der Waals surface area (Å²) < 4.78 is 27.2. The molecule has 0 unspecified atom stereocenters. The summed E-state index contributed by atoms with van der Waals surface area (Å²) in [6, 6.07) is 3.06. The molecule has 0 atom stereocenters. The van der Waals surface area contributed by atoms with E-state index < -0.39 is 10.0 Å². The highest BCUT2D eigenvalue weighted by Gasteiger charge is 2.30. The van der Waals surface area contributed by atoms with E-state index in [4.69, 9.17) is 5.84 Å². The Hall–Kier alpha value is -1.18. The summed E-state index contributed by atoms with van der Waals surface area (Å²) in [6.45, 7) is 2.57. The van der Waals surface area contributed by atoms with Crippen LogP contribution in [0.2, 0.25) is 0 Å². The van der Waals surface area contributed by atoms with Crippen LogP contribution in [0.1, 0.15) is 32.6 Å². The van der Waals surface area contributed by atoms with E-state index in [0.717, 1.165) is 12.8 Å². The molecule has 1 aromatic rings. The minimum absolute atomic E-state index is 0.0611. The monoisotopic (exact) mass is 284 g/mol. The zero-order valence-electron chi connectivity index (χ0n) is 11.0. The maximum absolute atomic E-state index is 12.3. The van der Waals surface area contributed by atoms with E-state index in [0.29, 0.717) is 6.54 Å². The zero-order valence-corrected chi connectivity index (χ0v) is 11.8. The van der Waals surface area contributed by atoms with Gasteiger partial charge in [-0.25, -0.2) is 24.0 Å². The first-order valence-corrected chi connectivity index (χ1v) is 7.86. The molecule has 1 fully saturated rings. The number of nitrogens with one attached hydrogen (secondary N) is 2. The van der Waals surface area contributed by atoms with Crippen molar-refractivity contribution in [3.63, 3.8) is 0 Å². The summed E-state index contributed by atoms with van der Waals surface area (Å²) in [5, 5.41) is 0. The molecule has 7 heteroatoms. The Morgan fingerprint density at radius 2 is 2.11 bits per heavy atom. The number of rotatable bonds is 5. The quantitative estimate of drug-likeness (QED) is 0.558. The number of nitrogens with two attached hydrogens (primary N) is 1. The van der Waals surface area contributed by atoms with Crippen molar-refractivity contribution in [2.24, 2.45) is 11.3 Å². The fourth-order valence-corrected chi connectivity index (χ4v) is 3.79. The Bertz CT molecular complexity index is 538. The molecule has 1 saturated carbocycles. The van der Waals surface area contributed by atoms with E-state index in [2.05, 4.69) is 22.1 Å². The van der Waals surface area contributed by atoms with Gasteiger partial charge in [0.05, 0.1) is 0 Å². The summed E-state index contributed by atoms with van der Waals surface area (Å²) in [5.74, 6) is 5.45. The van der Waals surface area contributed by atoms with Crippen LogP contribution in [0.3, 0.4) is 0 Å². The second-order valence-corrected chi connectivity index (χ2v) is 7.07. The van der Waals surface area contributed by atoms with Gasteiger partial charge in [-0.05, 0) is 30.4 Å². The lowest BCUT2D eigenvalue weighted by molar-refractivity contribution is 0.336. The molecule has 106 valence electrons. The van der Waals surface area contributed by atoms with Crippen molar-refractivity contribution in [3.8, 4) is 0 Å². The van der Waals surface area contributed by atoms with Crippen LogP contribution in [-0.2, 0) is 10.0 Å². The molecule has 19 heavy (non-hydrogen) atoms. The fourth-order valence-electron chi connectivity index (χ4n) is 2.47. The SMILES string of the molecule is CC1(CNS(=O)(=O)c2cccnc2NN)CCCC1. The third-order valence-electron chi connectivity index (χ3n) is 3.70. The van der Waals surface area contributed by atoms with Crippen molar-refractivity contribution in [1.82, 2.24) is 9.71 Å². The van der Waals surface area contributed by atoms with Crippen molar-refractivity contribution in [3.05, 3.63) is 18.3 Å². The van der Waals surface area contributed by atoms with E-state index in [1.807, 2.05) is 0 Å². The van der Waals surface area contributed by atoms with Gasteiger partial charge in [-0.3, -0.25) is 0 Å². The minimum Gasteiger partial charge on any atom is -0.307 e. The first kappa shape index (κ1) is 14.2. The average molecular weight is 284 g/mol. The van der Waals surface area contributed by atoms with Crippen molar-refractivity contribution in [1.29, 1.82) is 0 Å². The third-order valence-corrected chi connectivity index (χ3v) is 5.13. The van der Waals surface area contributed by atoms with Gasteiger partial charge in [0.15, 0.2) is 5.82 Å². The summed E-state index contributed by atoms with van der Waals surface area (Å²) in [7, 11) is -3.58. The molecule has 0 radical (unpaired) electrons. The lowest BCUT2D eigenvalue weighted by Gasteiger charge is -2.23. The molecular formula is C12H20N4O2S. The Morgan fingerprint density at radius 3 is 2.74 bits per heavy atom. The molecule has 0 bridgehead atoms. The molecule has 6 nitrogen and oxygen atoms in total. The van der Waals surface area contributed by atoms with Crippen LogP contribution < -0.4 is 16.0 Å². The van der Waals surface area contributed by atoms with E-state index in [1.165, 1.54) is 25.1 Å². The predicted molar refractivity (Wildman–Crippen MR) is 73.8 cm³/mol. The maximum atomic E-state index is 12.3. The van der Waals surface area contributed by atoms with Crippen molar-refractivity contribution in [2.75, 3.05) is 12.0 Å². The van der Waals surface area contributed by atoms with Gasteiger partial charge in [0.1, 0.15) is 4.90 Å². The van der Waals surface area contributed by atoms with E-state index >= 15 is 0 Å². The molecule has 0 amide bonds. The first-order chi connectivity index (χ1) is 8.97.